The number of hydrogen-bond acceptors (Lipinski definition) is 4. The van der Waals surface area contributed by atoms with E-state index in [0.29, 0.717) is 6.04 Å². The Morgan fingerprint density at radius 2 is 2.00 bits per heavy atom. The van der Waals surface area contributed by atoms with Crippen molar-refractivity contribution in [3.63, 3.8) is 0 Å². The average molecular weight is 273 g/mol. The van der Waals surface area contributed by atoms with Crippen LogP contribution in [0.15, 0.2) is 47.6 Å². The van der Waals surface area contributed by atoms with Crippen molar-refractivity contribution in [1.82, 2.24) is 15.3 Å². The molecular weight excluding hydrogens is 254 g/mol. The fraction of sp³-hybridized carbons (Fsp3) is 0.333. The fourth-order valence-corrected chi connectivity index (χ4v) is 2.69. The van der Waals surface area contributed by atoms with Gasteiger partial charge in [0.2, 0.25) is 0 Å². The zero-order valence-corrected chi connectivity index (χ0v) is 12.2. The van der Waals surface area contributed by atoms with Crippen molar-refractivity contribution in [2.24, 2.45) is 0 Å². The van der Waals surface area contributed by atoms with Crippen molar-refractivity contribution in [3.05, 3.63) is 54.1 Å². The van der Waals surface area contributed by atoms with Gasteiger partial charge in [-0.1, -0.05) is 19.1 Å². The summed E-state index contributed by atoms with van der Waals surface area (Å²) >= 11 is 1.77. The van der Waals surface area contributed by atoms with Crippen molar-refractivity contribution in [2.45, 2.75) is 30.5 Å². The molecule has 3 nitrogen and oxygen atoms in total. The van der Waals surface area contributed by atoms with E-state index < -0.39 is 0 Å². The summed E-state index contributed by atoms with van der Waals surface area (Å²) in [7, 11) is 0. The monoisotopic (exact) mass is 273 g/mol. The average Bonchev–Trinajstić information content (AvgIpc) is 2.47. The maximum Gasteiger partial charge on any atom is 0.138 e. The van der Waals surface area contributed by atoms with Gasteiger partial charge >= 0.3 is 0 Å². The molecule has 19 heavy (non-hydrogen) atoms. The minimum absolute atomic E-state index is 0.388. The van der Waals surface area contributed by atoms with E-state index in [1.165, 1.54) is 10.5 Å². The minimum Gasteiger partial charge on any atom is -0.310 e. The van der Waals surface area contributed by atoms with Gasteiger partial charge in [-0.3, -0.25) is 0 Å². The Labute approximate surface area is 118 Å². The molecule has 0 aliphatic heterocycles. The van der Waals surface area contributed by atoms with Gasteiger partial charge in [-0.05, 0) is 37.2 Å². The van der Waals surface area contributed by atoms with Gasteiger partial charge in [-0.25, -0.2) is 9.97 Å². The number of thioether (sulfide) groups is 1. The second-order valence-electron chi connectivity index (χ2n) is 4.31. The first-order chi connectivity index (χ1) is 9.29. The van der Waals surface area contributed by atoms with Crippen LogP contribution in [0.4, 0.5) is 0 Å². The molecule has 0 radical (unpaired) electrons. The lowest BCUT2D eigenvalue weighted by molar-refractivity contribution is 0.597. The van der Waals surface area contributed by atoms with Crippen molar-refractivity contribution < 1.29 is 0 Å². The highest BCUT2D eigenvalue weighted by atomic mass is 32.2. The SMILES string of the molecule is CCNC(C)c1cccc(SCc2ncccn2)c1. The van der Waals surface area contributed by atoms with Gasteiger partial charge in [-0.2, -0.15) is 0 Å². The zero-order chi connectivity index (χ0) is 13.5. The summed E-state index contributed by atoms with van der Waals surface area (Å²) < 4.78 is 0. The summed E-state index contributed by atoms with van der Waals surface area (Å²) in [6.45, 7) is 5.30. The maximum absolute atomic E-state index is 4.24. The Hall–Kier alpha value is -1.39. The third kappa shape index (κ3) is 4.33. The molecule has 0 spiro atoms. The molecule has 1 unspecified atom stereocenters. The van der Waals surface area contributed by atoms with Crippen LogP contribution < -0.4 is 5.32 Å². The summed E-state index contributed by atoms with van der Waals surface area (Å²) in [5.74, 6) is 1.68. The summed E-state index contributed by atoms with van der Waals surface area (Å²) in [6.07, 6.45) is 3.57. The van der Waals surface area contributed by atoms with Crippen LogP contribution in [0.5, 0.6) is 0 Å². The highest BCUT2D eigenvalue weighted by Crippen LogP contribution is 2.24. The molecule has 1 atom stereocenters. The highest BCUT2D eigenvalue weighted by Gasteiger charge is 2.05. The Morgan fingerprint density at radius 1 is 1.21 bits per heavy atom. The maximum atomic E-state index is 4.24. The third-order valence-corrected chi connectivity index (χ3v) is 3.85. The van der Waals surface area contributed by atoms with Gasteiger partial charge in [-0.15, -0.1) is 11.8 Å². The van der Waals surface area contributed by atoms with E-state index in [-0.39, 0.29) is 0 Å². The first-order valence-electron chi connectivity index (χ1n) is 6.51. The van der Waals surface area contributed by atoms with E-state index >= 15 is 0 Å². The standard InChI is InChI=1S/C15H19N3S/c1-3-16-12(2)13-6-4-7-14(10-13)19-11-15-17-8-5-9-18-15/h4-10,12,16H,3,11H2,1-2H3. The quantitative estimate of drug-likeness (QED) is 0.818. The number of rotatable bonds is 6. The van der Waals surface area contributed by atoms with Crippen molar-refractivity contribution >= 4 is 11.8 Å². The number of hydrogen-bond donors (Lipinski definition) is 1. The molecule has 0 bridgehead atoms. The second kappa shape index (κ2) is 7.26. The van der Waals surface area contributed by atoms with Crippen LogP contribution >= 0.6 is 11.8 Å². The summed E-state index contributed by atoms with van der Waals surface area (Å²) in [5.41, 5.74) is 1.32. The predicted octanol–water partition coefficient (Wildman–Crippen LogP) is 3.44. The molecule has 0 amide bonds. The molecule has 100 valence electrons. The summed E-state index contributed by atoms with van der Waals surface area (Å²) in [6, 6.07) is 10.9. The molecular formula is C15H19N3S. The van der Waals surface area contributed by atoms with Gasteiger partial charge < -0.3 is 5.32 Å². The molecule has 1 heterocycles. The number of benzene rings is 1. The lowest BCUT2D eigenvalue weighted by Gasteiger charge is -2.13. The van der Waals surface area contributed by atoms with E-state index in [2.05, 4.69) is 53.4 Å². The molecule has 0 aliphatic carbocycles. The number of aromatic nitrogens is 2. The topological polar surface area (TPSA) is 37.8 Å². The van der Waals surface area contributed by atoms with E-state index in [0.717, 1.165) is 18.1 Å². The lowest BCUT2D eigenvalue weighted by Crippen LogP contribution is -2.17. The molecule has 2 aromatic rings. The molecule has 2 rings (SSSR count). The van der Waals surface area contributed by atoms with Crippen LogP contribution in [0, 0.1) is 0 Å². The normalized spacial score (nSPS) is 12.3. The van der Waals surface area contributed by atoms with Crippen LogP contribution in [0.2, 0.25) is 0 Å². The Balaban J connectivity index is 1.99. The molecule has 0 fully saturated rings. The van der Waals surface area contributed by atoms with Crippen LogP contribution in [0.3, 0.4) is 0 Å². The lowest BCUT2D eigenvalue weighted by atomic mass is 10.1. The number of nitrogens with one attached hydrogen (secondary N) is 1. The molecule has 0 saturated heterocycles. The fourth-order valence-electron chi connectivity index (χ4n) is 1.85. The molecule has 1 aromatic heterocycles. The van der Waals surface area contributed by atoms with Crippen molar-refractivity contribution in [1.29, 1.82) is 0 Å². The Bertz CT molecular complexity index is 502. The van der Waals surface area contributed by atoms with E-state index in [9.17, 15) is 0 Å². The summed E-state index contributed by atoms with van der Waals surface area (Å²) in [5, 5.41) is 3.43. The highest BCUT2D eigenvalue weighted by molar-refractivity contribution is 7.98. The van der Waals surface area contributed by atoms with Crippen molar-refractivity contribution in [3.8, 4) is 0 Å². The third-order valence-electron chi connectivity index (χ3n) is 2.86. The molecule has 0 saturated carbocycles. The molecule has 1 aromatic carbocycles. The first kappa shape index (κ1) is 14.0. The van der Waals surface area contributed by atoms with E-state index in [1.54, 1.807) is 24.2 Å². The predicted molar refractivity (Wildman–Crippen MR) is 80.1 cm³/mol. The molecule has 4 heteroatoms. The number of nitrogens with zero attached hydrogens (tertiary/aromatic N) is 2. The van der Waals surface area contributed by atoms with Gasteiger partial charge in [0.1, 0.15) is 5.82 Å². The largest absolute Gasteiger partial charge is 0.310 e. The molecule has 1 N–H and O–H groups in total. The van der Waals surface area contributed by atoms with Crippen molar-refractivity contribution in [2.75, 3.05) is 6.54 Å². The Kier molecular flexibility index (Phi) is 5.36. The molecule has 0 aliphatic rings. The van der Waals surface area contributed by atoms with Crippen LogP contribution in [0.25, 0.3) is 0 Å². The van der Waals surface area contributed by atoms with Gasteiger partial charge in [0.15, 0.2) is 0 Å². The minimum atomic E-state index is 0.388. The van der Waals surface area contributed by atoms with Crippen LogP contribution in [-0.4, -0.2) is 16.5 Å². The van der Waals surface area contributed by atoms with Gasteiger partial charge in [0, 0.05) is 23.3 Å². The van der Waals surface area contributed by atoms with Gasteiger partial charge in [0.25, 0.3) is 0 Å². The van der Waals surface area contributed by atoms with E-state index in [1.807, 2.05) is 6.07 Å². The smallest absolute Gasteiger partial charge is 0.138 e. The summed E-state index contributed by atoms with van der Waals surface area (Å²) in [4.78, 5) is 9.73. The van der Waals surface area contributed by atoms with Gasteiger partial charge in [0.05, 0.1) is 5.75 Å². The van der Waals surface area contributed by atoms with Crippen LogP contribution in [0.1, 0.15) is 31.3 Å². The van der Waals surface area contributed by atoms with Crippen LogP contribution in [-0.2, 0) is 5.75 Å². The zero-order valence-electron chi connectivity index (χ0n) is 11.3. The Morgan fingerprint density at radius 3 is 2.74 bits per heavy atom. The second-order valence-corrected chi connectivity index (χ2v) is 5.35. The van der Waals surface area contributed by atoms with E-state index in [4.69, 9.17) is 0 Å². The first-order valence-corrected chi connectivity index (χ1v) is 7.50.